The summed E-state index contributed by atoms with van der Waals surface area (Å²) in [6, 6.07) is 15.2. The number of nitrogens with one attached hydrogen (secondary N) is 1. The highest BCUT2D eigenvalue weighted by Gasteiger charge is 2.29. The molecule has 0 fully saturated rings. The van der Waals surface area contributed by atoms with E-state index in [4.69, 9.17) is 4.74 Å². The van der Waals surface area contributed by atoms with Crippen molar-refractivity contribution in [3.8, 4) is 11.1 Å². The number of alkyl carbamates (subject to hydrolysis) is 1. The first kappa shape index (κ1) is 15.9. The molecule has 3 rings (SSSR count). The van der Waals surface area contributed by atoms with Crippen LogP contribution in [-0.4, -0.2) is 31.3 Å². The van der Waals surface area contributed by atoms with Gasteiger partial charge < -0.3 is 19.6 Å². The van der Waals surface area contributed by atoms with Crippen LogP contribution in [0.15, 0.2) is 48.5 Å². The maximum absolute atomic E-state index is 11.9. The van der Waals surface area contributed by atoms with Crippen LogP contribution in [0, 0.1) is 0 Å². The van der Waals surface area contributed by atoms with E-state index in [9.17, 15) is 14.4 Å². The number of rotatable bonds is 6. The predicted octanol–water partition coefficient (Wildman–Crippen LogP) is 2.68. The maximum atomic E-state index is 11.9. The highest BCUT2D eigenvalue weighted by molar-refractivity contribution is 5.79. The number of aldehydes is 2. The Bertz CT molecular complexity index is 726. The average Bonchev–Trinajstić information content (AvgIpc) is 2.93. The molecular formula is C19H17NO4. The minimum absolute atomic E-state index is 0.0381. The van der Waals surface area contributed by atoms with Crippen molar-refractivity contribution >= 4 is 18.7 Å². The van der Waals surface area contributed by atoms with Crippen LogP contribution >= 0.6 is 0 Å². The zero-order chi connectivity index (χ0) is 16.9. The molecule has 5 nitrogen and oxygen atoms in total. The lowest BCUT2D eigenvalue weighted by molar-refractivity contribution is -0.113. The van der Waals surface area contributed by atoms with E-state index in [0.29, 0.717) is 12.6 Å². The highest BCUT2D eigenvalue weighted by Crippen LogP contribution is 2.44. The van der Waals surface area contributed by atoms with Gasteiger partial charge in [-0.25, -0.2) is 4.79 Å². The SMILES string of the molecule is O=CC[C@@H](C=O)NC(=O)OCC1c2ccccc2-c2ccccc21. The van der Waals surface area contributed by atoms with Crippen molar-refractivity contribution in [1.82, 2.24) is 5.32 Å². The second-order valence-electron chi connectivity index (χ2n) is 5.61. The van der Waals surface area contributed by atoms with Crippen molar-refractivity contribution in [3.05, 3.63) is 59.7 Å². The lowest BCUT2D eigenvalue weighted by Crippen LogP contribution is -2.37. The van der Waals surface area contributed by atoms with Gasteiger partial charge >= 0.3 is 6.09 Å². The first-order valence-corrected chi connectivity index (χ1v) is 7.75. The zero-order valence-corrected chi connectivity index (χ0v) is 13.0. The Hall–Kier alpha value is -2.95. The van der Waals surface area contributed by atoms with E-state index < -0.39 is 12.1 Å². The lowest BCUT2D eigenvalue weighted by atomic mass is 9.98. The molecule has 0 bridgehead atoms. The number of amides is 1. The molecule has 1 aliphatic rings. The van der Waals surface area contributed by atoms with E-state index in [1.807, 2.05) is 36.4 Å². The van der Waals surface area contributed by atoms with Gasteiger partial charge in [0.1, 0.15) is 19.2 Å². The number of carbonyl (C=O) groups is 3. The highest BCUT2D eigenvalue weighted by atomic mass is 16.5. The van der Waals surface area contributed by atoms with Crippen LogP contribution in [0.5, 0.6) is 0 Å². The molecule has 0 saturated heterocycles. The van der Waals surface area contributed by atoms with Crippen LogP contribution in [0.25, 0.3) is 11.1 Å². The summed E-state index contributed by atoms with van der Waals surface area (Å²) in [5, 5.41) is 2.38. The Labute approximate surface area is 139 Å². The Morgan fingerprint density at radius 3 is 2.17 bits per heavy atom. The van der Waals surface area contributed by atoms with Crippen LogP contribution in [0.3, 0.4) is 0 Å². The third kappa shape index (κ3) is 3.06. The van der Waals surface area contributed by atoms with Gasteiger partial charge in [-0.1, -0.05) is 48.5 Å². The summed E-state index contributed by atoms with van der Waals surface area (Å²) in [5.74, 6) is -0.0381. The largest absolute Gasteiger partial charge is 0.449 e. The van der Waals surface area contributed by atoms with Crippen LogP contribution < -0.4 is 5.32 Å². The van der Waals surface area contributed by atoms with E-state index in [-0.39, 0.29) is 18.9 Å². The molecule has 2 aromatic rings. The van der Waals surface area contributed by atoms with Gasteiger partial charge in [-0.05, 0) is 22.3 Å². The summed E-state index contributed by atoms with van der Waals surface area (Å²) >= 11 is 0. The third-order valence-corrected chi connectivity index (χ3v) is 4.16. The second-order valence-corrected chi connectivity index (χ2v) is 5.61. The van der Waals surface area contributed by atoms with Gasteiger partial charge in [-0.3, -0.25) is 0 Å². The van der Waals surface area contributed by atoms with Crippen LogP contribution in [0.1, 0.15) is 23.5 Å². The predicted molar refractivity (Wildman–Crippen MR) is 88.7 cm³/mol. The van der Waals surface area contributed by atoms with Crippen molar-refractivity contribution in [2.75, 3.05) is 6.61 Å². The van der Waals surface area contributed by atoms with Gasteiger partial charge in [-0.15, -0.1) is 0 Å². The number of fused-ring (bicyclic) bond motifs is 3. The normalized spacial score (nSPS) is 13.5. The third-order valence-electron chi connectivity index (χ3n) is 4.16. The fourth-order valence-electron chi connectivity index (χ4n) is 3.04. The number of benzene rings is 2. The zero-order valence-electron chi connectivity index (χ0n) is 13.0. The van der Waals surface area contributed by atoms with Crippen LogP contribution in [0.2, 0.25) is 0 Å². The molecule has 0 radical (unpaired) electrons. The molecule has 1 atom stereocenters. The first-order valence-electron chi connectivity index (χ1n) is 7.75. The quantitative estimate of drug-likeness (QED) is 0.830. The molecule has 122 valence electrons. The summed E-state index contributed by atoms with van der Waals surface area (Å²) in [6.45, 7) is 0.173. The number of ether oxygens (including phenoxy) is 1. The fraction of sp³-hybridized carbons (Fsp3) is 0.211. The van der Waals surface area contributed by atoms with Crippen LogP contribution in [0.4, 0.5) is 4.79 Å². The fourth-order valence-corrected chi connectivity index (χ4v) is 3.04. The molecule has 0 heterocycles. The molecule has 1 aliphatic carbocycles. The van der Waals surface area contributed by atoms with Crippen molar-refractivity contribution in [2.24, 2.45) is 0 Å². The van der Waals surface area contributed by atoms with Crippen molar-refractivity contribution in [2.45, 2.75) is 18.4 Å². The second kappa shape index (κ2) is 7.08. The lowest BCUT2D eigenvalue weighted by Gasteiger charge is -2.15. The van der Waals surface area contributed by atoms with E-state index >= 15 is 0 Å². The van der Waals surface area contributed by atoms with Gasteiger partial charge in [-0.2, -0.15) is 0 Å². The molecular weight excluding hydrogens is 306 g/mol. The maximum Gasteiger partial charge on any atom is 0.407 e. The van der Waals surface area contributed by atoms with Crippen molar-refractivity contribution in [1.29, 1.82) is 0 Å². The molecule has 0 aromatic heterocycles. The smallest absolute Gasteiger partial charge is 0.407 e. The topological polar surface area (TPSA) is 72.5 Å². The molecule has 2 aromatic carbocycles. The molecule has 0 aliphatic heterocycles. The summed E-state index contributed by atoms with van der Waals surface area (Å²) in [6.07, 6.45) is 0.350. The molecule has 0 spiro atoms. The van der Waals surface area contributed by atoms with Crippen molar-refractivity contribution in [3.63, 3.8) is 0 Å². The minimum Gasteiger partial charge on any atom is -0.449 e. The Morgan fingerprint density at radius 1 is 1.04 bits per heavy atom. The van der Waals surface area contributed by atoms with Gasteiger partial charge in [0.05, 0.1) is 6.04 Å². The monoisotopic (exact) mass is 323 g/mol. The van der Waals surface area contributed by atoms with Crippen LogP contribution in [-0.2, 0) is 14.3 Å². The average molecular weight is 323 g/mol. The number of hydrogen-bond acceptors (Lipinski definition) is 4. The van der Waals surface area contributed by atoms with E-state index in [0.717, 1.165) is 22.3 Å². The number of hydrogen-bond donors (Lipinski definition) is 1. The van der Waals surface area contributed by atoms with Gasteiger partial charge in [0.15, 0.2) is 0 Å². The standard InChI is InChI=1S/C19H17NO4/c21-10-9-13(11-22)20-19(23)24-12-18-16-7-3-1-5-14(16)15-6-2-4-8-17(15)18/h1-8,10-11,13,18H,9,12H2,(H,20,23)/t13-/m0/s1. The van der Waals surface area contributed by atoms with Gasteiger partial charge in [0.2, 0.25) is 0 Å². The van der Waals surface area contributed by atoms with Gasteiger partial charge in [0, 0.05) is 12.3 Å². The Balaban J connectivity index is 1.73. The van der Waals surface area contributed by atoms with E-state index in [1.54, 1.807) is 0 Å². The molecule has 0 saturated carbocycles. The Morgan fingerprint density at radius 2 is 1.62 bits per heavy atom. The first-order chi connectivity index (χ1) is 11.7. The summed E-state index contributed by atoms with van der Waals surface area (Å²) in [4.78, 5) is 33.1. The summed E-state index contributed by atoms with van der Waals surface area (Å²) in [7, 11) is 0. The molecule has 24 heavy (non-hydrogen) atoms. The van der Waals surface area contributed by atoms with Crippen molar-refractivity contribution < 1.29 is 19.1 Å². The van der Waals surface area contributed by atoms with Gasteiger partial charge in [0.25, 0.3) is 0 Å². The summed E-state index contributed by atoms with van der Waals surface area (Å²) in [5.41, 5.74) is 4.53. The summed E-state index contributed by atoms with van der Waals surface area (Å²) < 4.78 is 5.29. The Kier molecular flexibility index (Phi) is 4.70. The van der Waals surface area contributed by atoms with E-state index in [2.05, 4.69) is 17.4 Å². The van der Waals surface area contributed by atoms with E-state index in [1.165, 1.54) is 0 Å². The molecule has 5 heteroatoms. The minimum atomic E-state index is -0.849. The molecule has 1 N–H and O–H groups in total. The number of carbonyl (C=O) groups excluding carboxylic acids is 3. The molecule has 0 unspecified atom stereocenters. The molecule has 1 amide bonds.